The number of rotatable bonds is 2. The summed E-state index contributed by atoms with van der Waals surface area (Å²) < 4.78 is 0. The highest BCUT2D eigenvalue weighted by Gasteiger charge is 2.40. The van der Waals surface area contributed by atoms with Gasteiger partial charge in [-0.2, -0.15) is 5.26 Å². The van der Waals surface area contributed by atoms with E-state index in [0.717, 1.165) is 26.2 Å². The third-order valence-electron chi connectivity index (χ3n) is 4.62. The second kappa shape index (κ2) is 5.84. The molecule has 1 saturated heterocycles. The summed E-state index contributed by atoms with van der Waals surface area (Å²) >= 11 is 0. The quantitative estimate of drug-likeness (QED) is 0.797. The summed E-state index contributed by atoms with van der Waals surface area (Å²) in [6, 6.07) is 2.64. The monoisotopic (exact) mass is 235 g/mol. The molecule has 1 atom stereocenters. The Morgan fingerprint density at radius 3 is 2.59 bits per heavy atom. The predicted molar refractivity (Wildman–Crippen MR) is 69.7 cm³/mol. The van der Waals surface area contributed by atoms with Crippen molar-refractivity contribution in [1.82, 2.24) is 10.2 Å². The molecule has 0 radical (unpaired) electrons. The first-order chi connectivity index (χ1) is 8.27. The van der Waals surface area contributed by atoms with Crippen molar-refractivity contribution in [2.75, 3.05) is 26.2 Å². The van der Waals surface area contributed by atoms with E-state index in [1.165, 1.54) is 38.5 Å². The standard InChI is InChI=1S/C14H25N3/c1-14(12-15,13-6-3-2-4-7-13)17-10-5-8-16-9-11-17/h13,16H,2-11H2,1H3. The Morgan fingerprint density at radius 2 is 1.88 bits per heavy atom. The fraction of sp³-hybridized carbons (Fsp3) is 0.929. The third-order valence-corrected chi connectivity index (χ3v) is 4.62. The number of nitrogens with zero attached hydrogens (tertiary/aromatic N) is 2. The fourth-order valence-corrected chi connectivity index (χ4v) is 3.40. The average Bonchev–Trinajstić information content (AvgIpc) is 2.68. The minimum absolute atomic E-state index is 0.230. The van der Waals surface area contributed by atoms with Gasteiger partial charge >= 0.3 is 0 Å². The Balaban J connectivity index is 2.08. The van der Waals surface area contributed by atoms with Gasteiger partial charge in [-0.25, -0.2) is 0 Å². The van der Waals surface area contributed by atoms with Crippen molar-refractivity contribution in [3.63, 3.8) is 0 Å². The van der Waals surface area contributed by atoms with Gasteiger partial charge in [-0.1, -0.05) is 19.3 Å². The van der Waals surface area contributed by atoms with Gasteiger partial charge in [0.1, 0.15) is 5.54 Å². The molecule has 0 bridgehead atoms. The van der Waals surface area contributed by atoms with E-state index in [0.29, 0.717) is 5.92 Å². The molecule has 17 heavy (non-hydrogen) atoms. The van der Waals surface area contributed by atoms with Crippen molar-refractivity contribution < 1.29 is 0 Å². The second-order valence-corrected chi connectivity index (χ2v) is 5.68. The lowest BCUT2D eigenvalue weighted by Gasteiger charge is -2.42. The van der Waals surface area contributed by atoms with Crippen LogP contribution in [-0.2, 0) is 0 Å². The van der Waals surface area contributed by atoms with Crippen LogP contribution in [0.3, 0.4) is 0 Å². The van der Waals surface area contributed by atoms with E-state index < -0.39 is 0 Å². The molecule has 1 saturated carbocycles. The van der Waals surface area contributed by atoms with E-state index in [9.17, 15) is 5.26 Å². The maximum Gasteiger partial charge on any atom is 0.109 e. The van der Waals surface area contributed by atoms with Gasteiger partial charge in [0.05, 0.1) is 6.07 Å². The van der Waals surface area contributed by atoms with Gasteiger partial charge in [-0.3, -0.25) is 4.90 Å². The lowest BCUT2D eigenvalue weighted by atomic mass is 9.75. The molecule has 3 heteroatoms. The molecular formula is C14H25N3. The molecule has 1 aliphatic heterocycles. The van der Waals surface area contributed by atoms with E-state index in [1.54, 1.807) is 0 Å². The Labute approximate surface area is 105 Å². The molecule has 0 aromatic carbocycles. The lowest BCUT2D eigenvalue weighted by Crippen LogP contribution is -2.52. The topological polar surface area (TPSA) is 39.1 Å². The lowest BCUT2D eigenvalue weighted by molar-refractivity contribution is 0.0798. The summed E-state index contributed by atoms with van der Waals surface area (Å²) in [5.74, 6) is 0.583. The van der Waals surface area contributed by atoms with Crippen LogP contribution in [0.25, 0.3) is 0 Å². The summed E-state index contributed by atoms with van der Waals surface area (Å²) in [4.78, 5) is 2.43. The molecule has 1 N–H and O–H groups in total. The molecule has 0 spiro atoms. The largest absolute Gasteiger partial charge is 0.315 e. The minimum atomic E-state index is -0.230. The molecule has 2 aliphatic rings. The van der Waals surface area contributed by atoms with E-state index in [4.69, 9.17) is 0 Å². The Bertz CT molecular complexity index is 270. The van der Waals surface area contributed by atoms with Gasteiger partial charge in [0.2, 0.25) is 0 Å². The smallest absolute Gasteiger partial charge is 0.109 e. The Morgan fingerprint density at radius 1 is 1.12 bits per heavy atom. The molecular weight excluding hydrogens is 210 g/mol. The molecule has 1 unspecified atom stereocenters. The molecule has 3 nitrogen and oxygen atoms in total. The first-order valence-electron chi connectivity index (χ1n) is 7.14. The summed E-state index contributed by atoms with van der Waals surface area (Å²) in [6.07, 6.45) is 7.65. The maximum atomic E-state index is 9.67. The van der Waals surface area contributed by atoms with Crippen molar-refractivity contribution in [3.8, 4) is 6.07 Å². The molecule has 1 heterocycles. The predicted octanol–water partition coefficient (Wildman–Crippen LogP) is 2.14. The van der Waals surface area contributed by atoms with Crippen LogP contribution in [-0.4, -0.2) is 36.6 Å². The number of hydrogen-bond donors (Lipinski definition) is 1. The zero-order valence-corrected chi connectivity index (χ0v) is 11.0. The number of nitrogens with one attached hydrogen (secondary N) is 1. The van der Waals surface area contributed by atoms with Crippen LogP contribution in [0.4, 0.5) is 0 Å². The third kappa shape index (κ3) is 2.81. The van der Waals surface area contributed by atoms with Crippen LogP contribution in [0.5, 0.6) is 0 Å². The number of hydrogen-bond acceptors (Lipinski definition) is 3. The van der Waals surface area contributed by atoms with Crippen LogP contribution in [0.1, 0.15) is 45.4 Å². The van der Waals surface area contributed by atoms with E-state index >= 15 is 0 Å². The van der Waals surface area contributed by atoms with Gasteiger partial charge < -0.3 is 5.32 Å². The molecule has 0 aromatic rings. The zero-order valence-electron chi connectivity index (χ0n) is 11.0. The van der Waals surface area contributed by atoms with Crippen LogP contribution in [0.2, 0.25) is 0 Å². The Kier molecular flexibility index (Phi) is 4.42. The van der Waals surface area contributed by atoms with Gasteiger partial charge in [-0.05, 0) is 38.6 Å². The number of nitriles is 1. The van der Waals surface area contributed by atoms with Gasteiger partial charge in [-0.15, -0.1) is 0 Å². The van der Waals surface area contributed by atoms with Crippen LogP contribution < -0.4 is 5.32 Å². The molecule has 0 amide bonds. The molecule has 0 aromatic heterocycles. The maximum absolute atomic E-state index is 9.67. The van der Waals surface area contributed by atoms with Gasteiger partial charge in [0, 0.05) is 19.6 Å². The molecule has 2 rings (SSSR count). The summed E-state index contributed by atoms with van der Waals surface area (Å²) in [5.41, 5.74) is -0.230. The van der Waals surface area contributed by atoms with Crippen molar-refractivity contribution >= 4 is 0 Å². The van der Waals surface area contributed by atoms with Crippen LogP contribution >= 0.6 is 0 Å². The molecule has 2 fully saturated rings. The summed E-state index contributed by atoms with van der Waals surface area (Å²) in [7, 11) is 0. The first kappa shape index (κ1) is 12.9. The van der Waals surface area contributed by atoms with E-state index in [2.05, 4.69) is 23.2 Å². The van der Waals surface area contributed by atoms with Crippen molar-refractivity contribution in [2.24, 2.45) is 5.92 Å². The van der Waals surface area contributed by atoms with E-state index in [-0.39, 0.29) is 5.54 Å². The average molecular weight is 235 g/mol. The van der Waals surface area contributed by atoms with Gasteiger partial charge in [0.15, 0.2) is 0 Å². The van der Waals surface area contributed by atoms with Crippen LogP contribution in [0.15, 0.2) is 0 Å². The molecule has 96 valence electrons. The van der Waals surface area contributed by atoms with E-state index in [1.807, 2.05) is 0 Å². The fourth-order valence-electron chi connectivity index (χ4n) is 3.40. The van der Waals surface area contributed by atoms with Crippen LogP contribution in [0, 0.1) is 17.2 Å². The summed E-state index contributed by atoms with van der Waals surface area (Å²) in [5, 5.41) is 13.1. The highest BCUT2D eigenvalue weighted by molar-refractivity contribution is 5.10. The van der Waals surface area contributed by atoms with Gasteiger partial charge in [0.25, 0.3) is 0 Å². The van der Waals surface area contributed by atoms with Crippen molar-refractivity contribution in [1.29, 1.82) is 5.26 Å². The Hall–Kier alpha value is -0.590. The molecule has 1 aliphatic carbocycles. The normalized spacial score (nSPS) is 28.0. The van der Waals surface area contributed by atoms with Crippen molar-refractivity contribution in [3.05, 3.63) is 0 Å². The highest BCUT2D eigenvalue weighted by atomic mass is 15.2. The SMILES string of the molecule is CC(C#N)(C1CCCCC1)N1CCCNCC1. The summed E-state index contributed by atoms with van der Waals surface area (Å²) in [6.45, 7) is 6.41. The van der Waals surface area contributed by atoms with Crippen molar-refractivity contribution in [2.45, 2.75) is 51.0 Å². The second-order valence-electron chi connectivity index (χ2n) is 5.68. The highest BCUT2D eigenvalue weighted by Crippen LogP contribution is 2.36. The first-order valence-corrected chi connectivity index (χ1v) is 7.14. The minimum Gasteiger partial charge on any atom is -0.315 e. The zero-order chi connectivity index (χ0) is 12.1.